The molecule has 102 valence electrons. The normalized spacial score (nSPS) is 23.9. The predicted octanol–water partition coefficient (Wildman–Crippen LogP) is 2.51. The summed E-state index contributed by atoms with van der Waals surface area (Å²) in [5.74, 6) is 0. The zero-order chi connectivity index (χ0) is 13.4. The standard InChI is InChI=1S/C13H16ClN3O2/c1-19-9-4-2-8(3-5-9)17-11-6-12(14)15-7-10(11)16-13(17)18/h6-9H,2-5H2,1H3,(H,16,18). The molecule has 0 atom stereocenters. The van der Waals surface area contributed by atoms with Gasteiger partial charge in [0.15, 0.2) is 0 Å². The van der Waals surface area contributed by atoms with E-state index in [0.29, 0.717) is 11.3 Å². The van der Waals surface area contributed by atoms with Crippen LogP contribution in [0.2, 0.25) is 5.15 Å². The van der Waals surface area contributed by atoms with Crippen molar-refractivity contribution >= 4 is 22.6 Å². The van der Waals surface area contributed by atoms with Gasteiger partial charge in [0.1, 0.15) is 5.15 Å². The molecule has 6 heteroatoms. The van der Waals surface area contributed by atoms with Crippen LogP contribution in [0, 0.1) is 0 Å². The molecule has 2 aromatic heterocycles. The highest BCUT2D eigenvalue weighted by molar-refractivity contribution is 6.29. The molecule has 2 aromatic rings. The molecule has 5 nitrogen and oxygen atoms in total. The van der Waals surface area contributed by atoms with Crippen LogP contribution in [0.4, 0.5) is 0 Å². The lowest BCUT2D eigenvalue weighted by Gasteiger charge is -2.28. The van der Waals surface area contributed by atoms with Gasteiger partial charge < -0.3 is 9.72 Å². The maximum atomic E-state index is 12.1. The third-order valence-electron chi connectivity index (χ3n) is 3.91. The molecule has 3 rings (SSSR count). The number of nitrogens with one attached hydrogen (secondary N) is 1. The highest BCUT2D eigenvalue weighted by Crippen LogP contribution is 2.31. The van der Waals surface area contributed by atoms with E-state index in [1.165, 1.54) is 0 Å². The van der Waals surface area contributed by atoms with Crippen molar-refractivity contribution in [3.63, 3.8) is 0 Å². The average Bonchev–Trinajstić information content (AvgIpc) is 2.74. The first-order chi connectivity index (χ1) is 9.19. The molecule has 1 aliphatic rings. The first kappa shape index (κ1) is 12.7. The van der Waals surface area contributed by atoms with Gasteiger partial charge in [-0.05, 0) is 25.7 Å². The van der Waals surface area contributed by atoms with Gasteiger partial charge in [0.05, 0.1) is 23.3 Å². The molecule has 1 N–H and O–H groups in total. The Morgan fingerprint density at radius 1 is 1.42 bits per heavy atom. The summed E-state index contributed by atoms with van der Waals surface area (Å²) in [4.78, 5) is 18.9. The molecule has 2 heterocycles. The van der Waals surface area contributed by atoms with Crippen molar-refractivity contribution in [1.82, 2.24) is 14.5 Å². The molecular weight excluding hydrogens is 266 g/mol. The molecule has 1 aliphatic carbocycles. The minimum Gasteiger partial charge on any atom is -0.381 e. The number of fused-ring (bicyclic) bond motifs is 1. The van der Waals surface area contributed by atoms with Crippen LogP contribution in [0.5, 0.6) is 0 Å². The predicted molar refractivity (Wildman–Crippen MR) is 73.7 cm³/mol. The lowest BCUT2D eigenvalue weighted by atomic mass is 9.93. The van der Waals surface area contributed by atoms with Crippen LogP contribution in [-0.4, -0.2) is 27.7 Å². The van der Waals surface area contributed by atoms with Gasteiger partial charge >= 0.3 is 5.69 Å². The number of pyridine rings is 1. The summed E-state index contributed by atoms with van der Waals surface area (Å²) in [5.41, 5.74) is 1.49. The molecule has 1 fully saturated rings. The third-order valence-corrected chi connectivity index (χ3v) is 4.12. The van der Waals surface area contributed by atoms with Gasteiger partial charge in [-0.25, -0.2) is 9.78 Å². The second kappa shape index (κ2) is 4.98. The van der Waals surface area contributed by atoms with Gasteiger partial charge in [0.2, 0.25) is 0 Å². The number of nitrogens with zero attached hydrogens (tertiary/aromatic N) is 2. The summed E-state index contributed by atoms with van der Waals surface area (Å²) in [6, 6.07) is 1.96. The second-order valence-corrected chi connectivity index (χ2v) is 5.38. The molecule has 0 aliphatic heterocycles. The number of hydrogen-bond donors (Lipinski definition) is 1. The Morgan fingerprint density at radius 3 is 2.84 bits per heavy atom. The molecular formula is C13H16ClN3O2. The van der Waals surface area contributed by atoms with Crippen molar-refractivity contribution in [1.29, 1.82) is 0 Å². The number of imidazole rings is 1. The zero-order valence-electron chi connectivity index (χ0n) is 10.7. The van der Waals surface area contributed by atoms with Crippen LogP contribution in [0.3, 0.4) is 0 Å². The first-order valence-corrected chi connectivity index (χ1v) is 6.85. The zero-order valence-corrected chi connectivity index (χ0v) is 11.5. The topological polar surface area (TPSA) is 59.9 Å². The van der Waals surface area contributed by atoms with E-state index >= 15 is 0 Å². The van der Waals surface area contributed by atoms with Crippen molar-refractivity contribution in [2.75, 3.05) is 7.11 Å². The monoisotopic (exact) mass is 281 g/mol. The molecule has 0 radical (unpaired) electrons. The van der Waals surface area contributed by atoms with Gasteiger partial charge in [-0.1, -0.05) is 11.6 Å². The Bertz CT molecular complexity index is 641. The van der Waals surface area contributed by atoms with Crippen LogP contribution >= 0.6 is 11.6 Å². The highest BCUT2D eigenvalue weighted by atomic mass is 35.5. The Balaban J connectivity index is 1.98. The molecule has 0 unspecified atom stereocenters. The number of methoxy groups -OCH3 is 1. The third kappa shape index (κ3) is 2.28. The summed E-state index contributed by atoms with van der Waals surface area (Å²) in [6.45, 7) is 0. The number of ether oxygens (including phenoxy) is 1. The molecule has 0 amide bonds. The Labute approximate surface area is 115 Å². The van der Waals surface area contributed by atoms with Crippen molar-refractivity contribution in [3.8, 4) is 0 Å². The largest absolute Gasteiger partial charge is 0.381 e. The lowest BCUT2D eigenvalue weighted by molar-refractivity contribution is 0.0585. The molecule has 1 saturated carbocycles. The smallest absolute Gasteiger partial charge is 0.326 e. The first-order valence-electron chi connectivity index (χ1n) is 6.47. The van der Waals surface area contributed by atoms with Gasteiger partial charge in [0, 0.05) is 19.2 Å². The highest BCUT2D eigenvalue weighted by Gasteiger charge is 2.24. The SMILES string of the molecule is COC1CCC(n2c(=O)[nH]c3cnc(Cl)cc32)CC1. The van der Waals surface area contributed by atoms with E-state index in [4.69, 9.17) is 16.3 Å². The molecule has 0 spiro atoms. The summed E-state index contributed by atoms with van der Waals surface area (Å²) in [7, 11) is 1.74. The van der Waals surface area contributed by atoms with Crippen LogP contribution in [0.1, 0.15) is 31.7 Å². The van der Waals surface area contributed by atoms with Crippen LogP contribution in [-0.2, 0) is 4.74 Å². The van der Waals surface area contributed by atoms with Crippen LogP contribution in [0.15, 0.2) is 17.1 Å². The Kier molecular flexibility index (Phi) is 3.33. The van der Waals surface area contributed by atoms with E-state index in [1.54, 1.807) is 19.4 Å². The van der Waals surface area contributed by atoms with Crippen molar-refractivity contribution in [3.05, 3.63) is 27.9 Å². The maximum absolute atomic E-state index is 12.1. The second-order valence-electron chi connectivity index (χ2n) is 4.99. The van der Waals surface area contributed by atoms with E-state index < -0.39 is 0 Å². The van der Waals surface area contributed by atoms with Crippen LogP contribution in [0.25, 0.3) is 11.0 Å². The lowest BCUT2D eigenvalue weighted by Crippen LogP contribution is -2.28. The fourth-order valence-electron chi connectivity index (χ4n) is 2.90. The summed E-state index contributed by atoms with van der Waals surface area (Å²) in [5, 5.41) is 0.408. The van der Waals surface area contributed by atoms with Gasteiger partial charge in [-0.3, -0.25) is 4.57 Å². The van der Waals surface area contributed by atoms with Gasteiger partial charge in [-0.15, -0.1) is 0 Å². The molecule has 19 heavy (non-hydrogen) atoms. The minimum absolute atomic E-state index is 0.0834. The molecule has 0 bridgehead atoms. The number of H-pyrrole nitrogens is 1. The van der Waals surface area contributed by atoms with Crippen LogP contribution < -0.4 is 5.69 Å². The van der Waals surface area contributed by atoms with E-state index in [1.807, 2.05) is 4.57 Å². The number of aromatic amines is 1. The van der Waals surface area contributed by atoms with E-state index in [0.717, 1.165) is 36.7 Å². The molecule has 0 aromatic carbocycles. The van der Waals surface area contributed by atoms with Crippen molar-refractivity contribution < 1.29 is 4.74 Å². The fourth-order valence-corrected chi connectivity index (χ4v) is 3.05. The fraction of sp³-hybridized carbons (Fsp3) is 0.538. The summed E-state index contributed by atoms with van der Waals surface area (Å²) >= 11 is 5.92. The molecule has 0 saturated heterocycles. The maximum Gasteiger partial charge on any atom is 0.326 e. The van der Waals surface area contributed by atoms with Crippen molar-refractivity contribution in [2.24, 2.45) is 0 Å². The van der Waals surface area contributed by atoms with Gasteiger partial charge in [-0.2, -0.15) is 0 Å². The quantitative estimate of drug-likeness (QED) is 0.861. The Hall–Kier alpha value is -1.33. The van der Waals surface area contributed by atoms with E-state index in [9.17, 15) is 4.79 Å². The number of aromatic nitrogens is 3. The van der Waals surface area contributed by atoms with E-state index in [2.05, 4.69) is 9.97 Å². The Morgan fingerprint density at radius 2 is 2.16 bits per heavy atom. The number of hydrogen-bond acceptors (Lipinski definition) is 3. The number of rotatable bonds is 2. The average molecular weight is 282 g/mol. The van der Waals surface area contributed by atoms with Crippen molar-refractivity contribution in [2.45, 2.75) is 37.8 Å². The number of halogens is 1. The summed E-state index contributed by atoms with van der Waals surface area (Å²) < 4.78 is 7.18. The van der Waals surface area contributed by atoms with E-state index in [-0.39, 0.29) is 11.7 Å². The minimum atomic E-state index is -0.0834. The van der Waals surface area contributed by atoms with Gasteiger partial charge in [0.25, 0.3) is 0 Å². The summed E-state index contributed by atoms with van der Waals surface area (Å²) in [6.07, 6.45) is 5.80.